The largest absolute Gasteiger partial charge is 0.368 e. The zero-order chi connectivity index (χ0) is 11.4. The van der Waals surface area contributed by atoms with Gasteiger partial charge < -0.3 is 10.7 Å². The maximum atomic E-state index is 13.2. The van der Waals surface area contributed by atoms with Crippen molar-refractivity contribution < 1.29 is 8.78 Å². The topological polar surface area (TPSA) is 40.2 Å². The van der Waals surface area contributed by atoms with E-state index in [1.807, 2.05) is 6.92 Å². The molecule has 0 fully saturated rings. The highest BCUT2D eigenvalue weighted by atomic mass is 19.1. The normalized spacial score (nSPS) is 10.5. The summed E-state index contributed by atoms with van der Waals surface area (Å²) in [5, 5.41) is 4.23. The summed E-state index contributed by atoms with van der Waals surface area (Å²) in [6.07, 6.45) is 0. The lowest BCUT2D eigenvalue weighted by Crippen LogP contribution is -2.22. The minimum Gasteiger partial charge on any atom is -0.368 e. The SMILES string of the molecule is CCNc1nc(NN(C)C)c(F)cc1F. The molecule has 0 aliphatic carbocycles. The molecule has 15 heavy (non-hydrogen) atoms. The second-order valence-corrected chi connectivity index (χ2v) is 3.19. The lowest BCUT2D eigenvalue weighted by atomic mass is 10.4. The quantitative estimate of drug-likeness (QED) is 0.751. The molecule has 84 valence electrons. The van der Waals surface area contributed by atoms with Crippen molar-refractivity contribution in [2.45, 2.75) is 6.92 Å². The van der Waals surface area contributed by atoms with E-state index in [0.717, 1.165) is 6.07 Å². The van der Waals surface area contributed by atoms with Crippen LogP contribution < -0.4 is 10.7 Å². The smallest absolute Gasteiger partial charge is 0.179 e. The van der Waals surface area contributed by atoms with Gasteiger partial charge in [0.2, 0.25) is 0 Å². The molecule has 0 radical (unpaired) electrons. The Balaban J connectivity index is 3.00. The highest BCUT2D eigenvalue weighted by Crippen LogP contribution is 2.18. The fourth-order valence-corrected chi connectivity index (χ4v) is 1.05. The van der Waals surface area contributed by atoms with Crippen molar-refractivity contribution in [1.29, 1.82) is 0 Å². The molecule has 0 saturated heterocycles. The third-order valence-corrected chi connectivity index (χ3v) is 1.60. The van der Waals surface area contributed by atoms with Crippen LogP contribution in [0, 0.1) is 11.6 Å². The highest BCUT2D eigenvalue weighted by Gasteiger charge is 2.11. The average molecular weight is 216 g/mol. The van der Waals surface area contributed by atoms with Gasteiger partial charge in [-0.1, -0.05) is 0 Å². The molecule has 1 aromatic rings. The summed E-state index contributed by atoms with van der Waals surface area (Å²) in [6.45, 7) is 2.33. The second kappa shape index (κ2) is 4.88. The molecule has 0 bridgehead atoms. The predicted octanol–water partition coefficient (Wildman–Crippen LogP) is 1.68. The molecule has 1 rings (SSSR count). The summed E-state index contributed by atoms with van der Waals surface area (Å²) in [4.78, 5) is 3.79. The molecule has 6 heteroatoms. The van der Waals surface area contributed by atoms with E-state index >= 15 is 0 Å². The van der Waals surface area contributed by atoms with Gasteiger partial charge in [0, 0.05) is 26.7 Å². The molecule has 0 aliphatic rings. The lowest BCUT2D eigenvalue weighted by molar-refractivity contribution is 0.480. The van der Waals surface area contributed by atoms with Crippen molar-refractivity contribution in [3.63, 3.8) is 0 Å². The van der Waals surface area contributed by atoms with Crippen molar-refractivity contribution in [3.05, 3.63) is 17.7 Å². The Hall–Kier alpha value is -1.43. The molecule has 0 amide bonds. The first-order valence-electron chi connectivity index (χ1n) is 4.58. The molecule has 1 aromatic heterocycles. The number of rotatable bonds is 4. The van der Waals surface area contributed by atoms with Crippen LogP contribution in [-0.2, 0) is 0 Å². The number of halogens is 2. The molecular weight excluding hydrogens is 202 g/mol. The summed E-state index contributed by atoms with van der Waals surface area (Å²) in [6, 6.07) is 0.802. The van der Waals surface area contributed by atoms with Gasteiger partial charge in [-0.25, -0.2) is 18.8 Å². The van der Waals surface area contributed by atoms with Crippen LogP contribution in [0.2, 0.25) is 0 Å². The first kappa shape index (κ1) is 11.6. The Kier molecular flexibility index (Phi) is 3.79. The van der Waals surface area contributed by atoms with E-state index < -0.39 is 11.6 Å². The Morgan fingerprint density at radius 2 is 1.87 bits per heavy atom. The number of pyridine rings is 1. The van der Waals surface area contributed by atoms with Crippen LogP contribution in [0.4, 0.5) is 20.4 Å². The first-order valence-corrected chi connectivity index (χ1v) is 4.58. The zero-order valence-electron chi connectivity index (χ0n) is 8.93. The van der Waals surface area contributed by atoms with Gasteiger partial charge in [0.15, 0.2) is 23.3 Å². The highest BCUT2D eigenvalue weighted by molar-refractivity contribution is 5.46. The van der Waals surface area contributed by atoms with Gasteiger partial charge in [0.25, 0.3) is 0 Å². The molecule has 0 spiro atoms. The van der Waals surface area contributed by atoms with Gasteiger partial charge in [-0.2, -0.15) is 0 Å². The van der Waals surface area contributed by atoms with Gasteiger partial charge in [-0.05, 0) is 6.92 Å². The number of nitrogens with zero attached hydrogens (tertiary/aromatic N) is 2. The van der Waals surface area contributed by atoms with Crippen LogP contribution in [0.25, 0.3) is 0 Å². The summed E-state index contributed by atoms with van der Waals surface area (Å²) in [5.74, 6) is -1.37. The maximum Gasteiger partial charge on any atom is 0.179 e. The third-order valence-electron chi connectivity index (χ3n) is 1.60. The van der Waals surface area contributed by atoms with E-state index in [-0.39, 0.29) is 11.6 Å². The maximum absolute atomic E-state index is 13.2. The third kappa shape index (κ3) is 3.02. The number of hydrazine groups is 1. The molecular formula is C9H14F2N4. The van der Waals surface area contributed by atoms with E-state index in [0.29, 0.717) is 6.54 Å². The standard InChI is InChI=1S/C9H14F2N4/c1-4-12-8-6(10)5-7(11)9(13-8)14-15(2)3/h5H,4H2,1-3H3,(H2,12,13,14). The van der Waals surface area contributed by atoms with Crippen LogP contribution in [0.5, 0.6) is 0 Å². The molecule has 0 aliphatic heterocycles. The second-order valence-electron chi connectivity index (χ2n) is 3.19. The van der Waals surface area contributed by atoms with E-state index in [9.17, 15) is 8.78 Å². The first-order chi connectivity index (χ1) is 7.04. The monoisotopic (exact) mass is 216 g/mol. The lowest BCUT2D eigenvalue weighted by Gasteiger charge is -2.14. The fraction of sp³-hybridized carbons (Fsp3) is 0.444. The average Bonchev–Trinajstić information content (AvgIpc) is 2.12. The predicted molar refractivity (Wildman–Crippen MR) is 55.6 cm³/mol. The van der Waals surface area contributed by atoms with Crippen LogP contribution in [0.3, 0.4) is 0 Å². The van der Waals surface area contributed by atoms with E-state index in [1.54, 1.807) is 14.1 Å². The summed E-state index contributed by atoms with van der Waals surface area (Å²) >= 11 is 0. The molecule has 2 N–H and O–H groups in total. The van der Waals surface area contributed by atoms with E-state index in [4.69, 9.17) is 0 Å². The molecule has 0 aromatic carbocycles. The molecule has 0 unspecified atom stereocenters. The molecule has 1 heterocycles. The van der Waals surface area contributed by atoms with Crippen molar-refractivity contribution in [2.24, 2.45) is 0 Å². The Morgan fingerprint density at radius 1 is 1.27 bits per heavy atom. The minimum atomic E-state index is -0.720. The van der Waals surface area contributed by atoms with Crippen molar-refractivity contribution >= 4 is 11.6 Å². The van der Waals surface area contributed by atoms with E-state index in [2.05, 4.69) is 15.7 Å². The van der Waals surface area contributed by atoms with Crippen molar-refractivity contribution in [1.82, 2.24) is 9.99 Å². The fourth-order valence-electron chi connectivity index (χ4n) is 1.05. The summed E-state index contributed by atoms with van der Waals surface area (Å²) < 4.78 is 26.4. The Bertz CT molecular complexity index is 341. The number of hydrogen-bond donors (Lipinski definition) is 2. The van der Waals surface area contributed by atoms with Gasteiger partial charge in [-0.3, -0.25) is 0 Å². The number of aromatic nitrogens is 1. The van der Waals surface area contributed by atoms with Crippen molar-refractivity contribution in [3.8, 4) is 0 Å². The number of anilines is 2. The van der Waals surface area contributed by atoms with Crippen LogP contribution in [-0.4, -0.2) is 30.6 Å². The van der Waals surface area contributed by atoms with Crippen LogP contribution in [0.15, 0.2) is 6.07 Å². The number of nitrogens with one attached hydrogen (secondary N) is 2. The van der Waals surface area contributed by atoms with Crippen LogP contribution in [0.1, 0.15) is 6.92 Å². The van der Waals surface area contributed by atoms with Crippen LogP contribution >= 0.6 is 0 Å². The summed E-state index contributed by atoms with van der Waals surface area (Å²) in [5.41, 5.74) is 2.64. The van der Waals surface area contributed by atoms with Gasteiger partial charge in [-0.15, -0.1) is 0 Å². The van der Waals surface area contributed by atoms with Crippen molar-refractivity contribution in [2.75, 3.05) is 31.4 Å². The molecule has 0 atom stereocenters. The number of hydrogen-bond acceptors (Lipinski definition) is 4. The van der Waals surface area contributed by atoms with E-state index in [1.165, 1.54) is 5.01 Å². The molecule has 4 nitrogen and oxygen atoms in total. The summed E-state index contributed by atoms with van der Waals surface area (Å²) in [7, 11) is 3.38. The molecule has 0 saturated carbocycles. The van der Waals surface area contributed by atoms with Gasteiger partial charge in [0.1, 0.15) is 0 Å². The van der Waals surface area contributed by atoms with Gasteiger partial charge in [0.05, 0.1) is 0 Å². The Morgan fingerprint density at radius 3 is 2.40 bits per heavy atom. The Labute approximate surface area is 87.3 Å². The van der Waals surface area contributed by atoms with Gasteiger partial charge >= 0.3 is 0 Å². The zero-order valence-corrected chi connectivity index (χ0v) is 8.93. The minimum absolute atomic E-state index is 0.00245.